The lowest BCUT2D eigenvalue weighted by Gasteiger charge is -2.03. The highest BCUT2D eigenvalue weighted by Gasteiger charge is 2.24. The number of nitrogens with zero attached hydrogens (tertiary/aromatic N) is 3. The van der Waals surface area contributed by atoms with E-state index in [1.54, 1.807) is 17.8 Å². The van der Waals surface area contributed by atoms with Crippen LogP contribution < -0.4 is 0 Å². The van der Waals surface area contributed by atoms with Gasteiger partial charge in [0.1, 0.15) is 11.3 Å². The molecule has 0 saturated heterocycles. The van der Waals surface area contributed by atoms with Crippen molar-refractivity contribution in [2.75, 3.05) is 0 Å². The minimum Gasteiger partial charge on any atom is -0.478 e. The molecule has 0 aliphatic carbocycles. The first-order valence-corrected chi connectivity index (χ1v) is 6.90. The number of hydrogen-bond acceptors (Lipinski definition) is 3. The van der Waals surface area contributed by atoms with Gasteiger partial charge in [0, 0.05) is 6.20 Å². The molecule has 1 N–H and O–H groups in total. The molecular weight excluding hydrogens is 278 g/mol. The van der Waals surface area contributed by atoms with E-state index in [-0.39, 0.29) is 5.56 Å². The van der Waals surface area contributed by atoms with Gasteiger partial charge in [-0.05, 0) is 37.6 Å². The first-order chi connectivity index (χ1) is 10.6. The summed E-state index contributed by atoms with van der Waals surface area (Å²) in [7, 11) is 0. The standard InChI is InChI=1S/C17H15N3O2/c1-11-7-6-10-18-15(11)16-14(17(21)22)12(2)20(19-16)13-8-4-3-5-9-13/h3-10H,1-2H3,(H,21,22). The Bertz CT molecular complexity index is 838. The molecule has 3 rings (SSSR count). The Morgan fingerprint density at radius 1 is 1.05 bits per heavy atom. The van der Waals surface area contributed by atoms with Crippen LogP contribution >= 0.6 is 0 Å². The quantitative estimate of drug-likeness (QED) is 0.805. The molecule has 0 atom stereocenters. The Morgan fingerprint density at radius 3 is 2.41 bits per heavy atom. The number of aromatic nitrogens is 3. The summed E-state index contributed by atoms with van der Waals surface area (Å²) in [5, 5.41) is 14.1. The maximum atomic E-state index is 11.7. The van der Waals surface area contributed by atoms with Gasteiger partial charge >= 0.3 is 5.97 Å². The van der Waals surface area contributed by atoms with Gasteiger partial charge < -0.3 is 5.11 Å². The van der Waals surface area contributed by atoms with Crippen molar-refractivity contribution in [3.63, 3.8) is 0 Å². The van der Waals surface area contributed by atoms with Gasteiger partial charge in [-0.25, -0.2) is 9.48 Å². The molecule has 0 saturated carbocycles. The Balaban J connectivity index is 2.28. The number of aryl methyl sites for hydroxylation is 1. The second-order valence-corrected chi connectivity index (χ2v) is 5.03. The molecule has 22 heavy (non-hydrogen) atoms. The maximum Gasteiger partial charge on any atom is 0.339 e. The zero-order valence-electron chi connectivity index (χ0n) is 12.3. The fourth-order valence-electron chi connectivity index (χ4n) is 2.48. The molecule has 0 radical (unpaired) electrons. The van der Waals surface area contributed by atoms with Crippen LogP contribution in [0, 0.1) is 13.8 Å². The molecule has 110 valence electrons. The van der Waals surface area contributed by atoms with Crippen molar-refractivity contribution in [1.29, 1.82) is 0 Å². The van der Waals surface area contributed by atoms with Gasteiger partial charge in [-0.2, -0.15) is 5.10 Å². The highest BCUT2D eigenvalue weighted by molar-refractivity contribution is 5.96. The molecule has 3 aromatic rings. The average molecular weight is 293 g/mol. The summed E-state index contributed by atoms with van der Waals surface area (Å²) in [6.07, 6.45) is 1.64. The Labute approximate surface area is 127 Å². The summed E-state index contributed by atoms with van der Waals surface area (Å²) in [5.41, 5.74) is 3.47. The second-order valence-electron chi connectivity index (χ2n) is 5.03. The van der Waals surface area contributed by atoms with Crippen molar-refractivity contribution in [3.05, 3.63) is 65.5 Å². The van der Waals surface area contributed by atoms with E-state index >= 15 is 0 Å². The lowest BCUT2D eigenvalue weighted by Crippen LogP contribution is -2.02. The van der Waals surface area contributed by atoms with Gasteiger partial charge in [0.25, 0.3) is 0 Å². The van der Waals surface area contributed by atoms with Crippen LogP contribution in [0.2, 0.25) is 0 Å². The van der Waals surface area contributed by atoms with E-state index in [0.717, 1.165) is 11.3 Å². The predicted octanol–water partition coefficient (Wildman–Crippen LogP) is 3.25. The molecule has 0 unspecified atom stereocenters. The summed E-state index contributed by atoms with van der Waals surface area (Å²) in [5.74, 6) is -1.00. The minimum absolute atomic E-state index is 0.186. The SMILES string of the molecule is Cc1cccnc1-c1nn(-c2ccccc2)c(C)c1C(=O)O. The van der Waals surface area contributed by atoms with Crippen LogP contribution in [0.4, 0.5) is 0 Å². The summed E-state index contributed by atoms with van der Waals surface area (Å²) in [4.78, 5) is 16.0. The molecule has 0 bridgehead atoms. The predicted molar refractivity (Wildman–Crippen MR) is 83.2 cm³/mol. The molecular formula is C17H15N3O2. The topological polar surface area (TPSA) is 68.0 Å². The van der Waals surface area contributed by atoms with E-state index in [4.69, 9.17) is 0 Å². The first kappa shape index (κ1) is 14.0. The molecule has 0 aliphatic rings. The molecule has 1 aromatic carbocycles. The number of rotatable bonds is 3. The molecule has 5 heteroatoms. The molecule has 0 spiro atoms. The summed E-state index contributed by atoms with van der Waals surface area (Å²) in [6.45, 7) is 3.65. The fourth-order valence-corrected chi connectivity index (χ4v) is 2.48. The zero-order valence-corrected chi connectivity index (χ0v) is 12.3. The van der Waals surface area contributed by atoms with Crippen molar-refractivity contribution >= 4 is 5.97 Å². The van der Waals surface area contributed by atoms with Gasteiger partial charge in [-0.15, -0.1) is 0 Å². The van der Waals surface area contributed by atoms with E-state index in [1.165, 1.54) is 0 Å². The molecule has 0 amide bonds. The maximum absolute atomic E-state index is 11.7. The van der Waals surface area contributed by atoms with Gasteiger partial charge in [0.05, 0.1) is 17.1 Å². The Kier molecular flexibility index (Phi) is 3.47. The third-order valence-electron chi connectivity index (χ3n) is 3.56. The van der Waals surface area contributed by atoms with Crippen molar-refractivity contribution in [2.24, 2.45) is 0 Å². The number of carboxylic acid groups (broad SMARTS) is 1. The van der Waals surface area contributed by atoms with Crippen LogP contribution in [0.1, 0.15) is 21.6 Å². The van der Waals surface area contributed by atoms with Gasteiger partial charge in [0.15, 0.2) is 0 Å². The van der Waals surface area contributed by atoms with Gasteiger partial charge in [-0.1, -0.05) is 24.3 Å². The van der Waals surface area contributed by atoms with Crippen LogP contribution in [-0.4, -0.2) is 25.8 Å². The number of carbonyl (C=O) groups is 1. The minimum atomic E-state index is -1.00. The number of para-hydroxylation sites is 1. The number of carboxylic acids is 1. The van der Waals surface area contributed by atoms with Crippen LogP contribution in [0.15, 0.2) is 48.7 Å². The number of pyridine rings is 1. The molecule has 0 aliphatic heterocycles. The fraction of sp³-hybridized carbons (Fsp3) is 0.118. The molecule has 5 nitrogen and oxygen atoms in total. The highest BCUT2D eigenvalue weighted by Crippen LogP contribution is 2.27. The largest absolute Gasteiger partial charge is 0.478 e. The third-order valence-corrected chi connectivity index (χ3v) is 3.56. The number of aromatic carboxylic acids is 1. The van der Waals surface area contributed by atoms with Crippen molar-refractivity contribution in [3.8, 4) is 17.1 Å². The van der Waals surface area contributed by atoms with E-state index in [0.29, 0.717) is 17.1 Å². The first-order valence-electron chi connectivity index (χ1n) is 6.90. The van der Waals surface area contributed by atoms with Crippen molar-refractivity contribution in [1.82, 2.24) is 14.8 Å². The van der Waals surface area contributed by atoms with E-state index in [9.17, 15) is 9.90 Å². The zero-order chi connectivity index (χ0) is 15.7. The van der Waals surface area contributed by atoms with Gasteiger partial charge in [0.2, 0.25) is 0 Å². The van der Waals surface area contributed by atoms with E-state index < -0.39 is 5.97 Å². The van der Waals surface area contributed by atoms with Gasteiger partial charge in [-0.3, -0.25) is 4.98 Å². The van der Waals surface area contributed by atoms with E-state index in [1.807, 2.05) is 49.4 Å². The lowest BCUT2D eigenvalue weighted by molar-refractivity contribution is 0.0697. The molecule has 2 heterocycles. The smallest absolute Gasteiger partial charge is 0.339 e. The molecule has 0 fully saturated rings. The van der Waals surface area contributed by atoms with Crippen LogP contribution in [-0.2, 0) is 0 Å². The van der Waals surface area contributed by atoms with Crippen LogP contribution in [0.25, 0.3) is 17.1 Å². The number of benzene rings is 1. The summed E-state index contributed by atoms with van der Waals surface area (Å²) < 4.78 is 1.65. The number of hydrogen-bond donors (Lipinski definition) is 1. The lowest BCUT2D eigenvalue weighted by atomic mass is 10.1. The van der Waals surface area contributed by atoms with Crippen molar-refractivity contribution < 1.29 is 9.90 Å². The molecule has 2 aromatic heterocycles. The second kappa shape index (κ2) is 5.44. The van der Waals surface area contributed by atoms with Crippen molar-refractivity contribution in [2.45, 2.75) is 13.8 Å². The average Bonchev–Trinajstić information content (AvgIpc) is 2.86. The van der Waals surface area contributed by atoms with E-state index in [2.05, 4.69) is 10.1 Å². The normalized spacial score (nSPS) is 10.6. The summed E-state index contributed by atoms with van der Waals surface area (Å²) >= 11 is 0. The summed E-state index contributed by atoms with van der Waals surface area (Å²) in [6, 6.07) is 13.2. The third kappa shape index (κ3) is 2.26. The van der Waals surface area contributed by atoms with Crippen LogP contribution in [0.5, 0.6) is 0 Å². The monoisotopic (exact) mass is 293 g/mol. The Morgan fingerprint density at radius 2 is 1.77 bits per heavy atom. The Hall–Kier alpha value is -2.95. The van der Waals surface area contributed by atoms with Crippen LogP contribution in [0.3, 0.4) is 0 Å². The highest BCUT2D eigenvalue weighted by atomic mass is 16.4.